The van der Waals surface area contributed by atoms with Crippen molar-refractivity contribution in [3.05, 3.63) is 59.7 Å². The highest BCUT2D eigenvalue weighted by Gasteiger charge is 2.06. The van der Waals surface area contributed by atoms with Gasteiger partial charge in [0.2, 0.25) is 5.91 Å². The van der Waals surface area contributed by atoms with Crippen LogP contribution >= 0.6 is 0 Å². The zero-order valence-electron chi connectivity index (χ0n) is 10.5. The number of benzene rings is 2. The number of hydrogen-bond acceptors (Lipinski definition) is 3. The standard InChI is InChI=1S/C15H16N2O2/c16-14-4-2-1-3-12(14)9-15(19)17-13-7-5-11(10-18)6-8-13/h1-8,18H,9-10,16H2,(H,17,19). The van der Waals surface area contributed by atoms with E-state index in [1.165, 1.54) is 0 Å². The summed E-state index contributed by atoms with van der Waals surface area (Å²) in [5.41, 5.74) is 8.74. The first kappa shape index (κ1) is 13.1. The van der Waals surface area contributed by atoms with Gasteiger partial charge >= 0.3 is 0 Å². The van der Waals surface area contributed by atoms with Crippen LogP contribution in [0.3, 0.4) is 0 Å². The van der Waals surface area contributed by atoms with Crippen LogP contribution in [-0.4, -0.2) is 11.0 Å². The molecule has 0 aromatic heterocycles. The Kier molecular flexibility index (Phi) is 4.15. The molecule has 2 aromatic rings. The van der Waals surface area contributed by atoms with E-state index in [1.807, 2.05) is 18.2 Å². The van der Waals surface area contributed by atoms with Crippen LogP contribution in [-0.2, 0) is 17.8 Å². The summed E-state index contributed by atoms with van der Waals surface area (Å²) in [5.74, 6) is -0.116. The SMILES string of the molecule is Nc1ccccc1CC(=O)Nc1ccc(CO)cc1. The van der Waals surface area contributed by atoms with E-state index in [9.17, 15) is 4.79 Å². The van der Waals surface area contributed by atoms with E-state index in [2.05, 4.69) is 5.32 Å². The van der Waals surface area contributed by atoms with E-state index >= 15 is 0 Å². The minimum absolute atomic E-state index is 0.00518. The van der Waals surface area contributed by atoms with Gasteiger partial charge in [0.15, 0.2) is 0 Å². The summed E-state index contributed by atoms with van der Waals surface area (Å²) in [4.78, 5) is 11.9. The van der Waals surface area contributed by atoms with Gasteiger partial charge in [-0.3, -0.25) is 4.79 Å². The third-order valence-electron chi connectivity index (χ3n) is 2.83. The summed E-state index contributed by atoms with van der Waals surface area (Å²) < 4.78 is 0. The molecule has 4 heteroatoms. The van der Waals surface area contributed by atoms with Gasteiger partial charge in [0.1, 0.15) is 0 Å². The number of carbonyl (C=O) groups excluding carboxylic acids is 1. The largest absolute Gasteiger partial charge is 0.398 e. The Morgan fingerprint density at radius 2 is 1.79 bits per heavy atom. The topological polar surface area (TPSA) is 75.4 Å². The van der Waals surface area contributed by atoms with E-state index in [0.29, 0.717) is 11.4 Å². The van der Waals surface area contributed by atoms with E-state index < -0.39 is 0 Å². The molecule has 19 heavy (non-hydrogen) atoms. The second-order valence-electron chi connectivity index (χ2n) is 4.28. The predicted octanol–water partition coefficient (Wildman–Crippen LogP) is 1.94. The molecule has 2 rings (SSSR count). The Morgan fingerprint density at radius 3 is 2.42 bits per heavy atom. The smallest absolute Gasteiger partial charge is 0.228 e. The van der Waals surface area contributed by atoms with Crippen molar-refractivity contribution in [2.24, 2.45) is 0 Å². The maximum atomic E-state index is 11.9. The maximum Gasteiger partial charge on any atom is 0.228 e. The van der Waals surface area contributed by atoms with Crippen LogP contribution < -0.4 is 11.1 Å². The molecule has 0 aliphatic heterocycles. The van der Waals surface area contributed by atoms with Crippen LogP contribution in [0.5, 0.6) is 0 Å². The number of rotatable bonds is 4. The molecule has 0 bridgehead atoms. The van der Waals surface area contributed by atoms with E-state index in [0.717, 1.165) is 11.1 Å². The van der Waals surface area contributed by atoms with Gasteiger partial charge < -0.3 is 16.2 Å². The van der Waals surface area contributed by atoms with Gasteiger partial charge in [-0.25, -0.2) is 0 Å². The lowest BCUT2D eigenvalue weighted by Crippen LogP contribution is -2.15. The third-order valence-corrected chi connectivity index (χ3v) is 2.83. The Balaban J connectivity index is 1.99. The van der Waals surface area contributed by atoms with Gasteiger partial charge in [0.05, 0.1) is 13.0 Å². The second kappa shape index (κ2) is 6.02. The monoisotopic (exact) mass is 256 g/mol. The zero-order chi connectivity index (χ0) is 13.7. The summed E-state index contributed by atoms with van der Waals surface area (Å²) in [7, 11) is 0. The number of aliphatic hydroxyl groups is 1. The van der Waals surface area contributed by atoms with Gasteiger partial charge in [0.25, 0.3) is 0 Å². The number of nitrogens with two attached hydrogens (primary N) is 1. The number of anilines is 2. The Labute approximate surface area is 111 Å². The number of para-hydroxylation sites is 1. The van der Waals surface area contributed by atoms with Gasteiger partial charge in [-0.15, -0.1) is 0 Å². The minimum Gasteiger partial charge on any atom is -0.398 e. The van der Waals surface area contributed by atoms with Crippen molar-refractivity contribution < 1.29 is 9.90 Å². The summed E-state index contributed by atoms with van der Waals surface area (Å²) in [6.45, 7) is -0.00518. The summed E-state index contributed by atoms with van der Waals surface area (Å²) in [6.07, 6.45) is 0.244. The molecule has 0 saturated carbocycles. The lowest BCUT2D eigenvalue weighted by Gasteiger charge is -2.07. The van der Waals surface area contributed by atoms with Crippen molar-refractivity contribution in [1.82, 2.24) is 0 Å². The third kappa shape index (κ3) is 3.56. The second-order valence-corrected chi connectivity index (χ2v) is 4.28. The van der Waals surface area contributed by atoms with E-state index in [4.69, 9.17) is 10.8 Å². The van der Waals surface area contributed by atoms with Gasteiger partial charge in [-0.2, -0.15) is 0 Å². The van der Waals surface area contributed by atoms with E-state index in [1.54, 1.807) is 30.3 Å². The molecule has 0 spiro atoms. The molecule has 0 unspecified atom stereocenters. The van der Waals surface area contributed by atoms with Crippen molar-refractivity contribution in [2.75, 3.05) is 11.1 Å². The van der Waals surface area contributed by atoms with Crippen molar-refractivity contribution in [1.29, 1.82) is 0 Å². The molecule has 0 atom stereocenters. The van der Waals surface area contributed by atoms with Crippen LogP contribution in [0.2, 0.25) is 0 Å². The van der Waals surface area contributed by atoms with Crippen molar-refractivity contribution in [3.63, 3.8) is 0 Å². The number of aliphatic hydroxyl groups excluding tert-OH is 1. The van der Waals surface area contributed by atoms with Crippen LogP contribution in [0.1, 0.15) is 11.1 Å². The highest BCUT2D eigenvalue weighted by molar-refractivity contribution is 5.92. The molecule has 4 N–H and O–H groups in total. The molecule has 0 saturated heterocycles. The number of hydrogen-bond donors (Lipinski definition) is 3. The van der Waals surface area contributed by atoms with Gasteiger partial charge in [-0.05, 0) is 29.3 Å². The fraction of sp³-hybridized carbons (Fsp3) is 0.133. The molecule has 4 nitrogen and oxygen atoms in total. The molecular weight excluding hydrogens is 240 g/mol. The fourth-order valence-corrected chi connectivity index (χ4v) is 1.77. The molecule has 0 fully saturated rings. The van der Waals surface area contributed by atoms with Crippen LogP contribution in [0.4, 0.5) is 11.4 Å². The lowest BCUT2D eigenvalue weighted by atomic mass is 10.1. The highest BCUT2D eigenvalue weighted by Crippen LogP contribution is 2.13. The summed E-state index contributed by atoms with van der Waals surface area (Å²) in [6, 6.07) is 14.4. The van der Waals surface area contributed by atoms with E-state index in [-0.39, 0.29) is 18.9 Å². The highest BCUT2D eigenvalue weighted by atomic mass is 16.3. The first-order chi connectivity index (χ1) is 9.19. The first-order valence-electron chi connectivity index (χ1n) is 6.02. The normalized spacial score (nSPS) is 10.2. The number of nitrogen functional groups attached to an aromatic ring is 1. The van der Waals surface area contributed by atoms with Crippen molar-refractivity contribution in [2.45, 2.75) is 13.0 Å². The maximum absolute atomic E-state index is 11.9. The van der Waals surface area contributed by atoms with Gasteiger partial charge in [-0.1, -0.05) is 30.3 Å². The lowest BCUT2D eigenvalue weighted by molar-refractivity contribution is -0.115. The number of carbonyl (C=O) groups is 1. The summed E-state index contributed by atoms with van der Waals surface area (Å²) in [5, 5.41) is 11.7. The Bertz CT molecular complexity index is 565. The molecular formula is C15H16N2O2. The van der Waals surface area contributed by atoms with Gasteiger partial charge in [0, 0.05) is 11.4 Å². The summed E-state index contributed by atoms with van der Waals surface area (Å²) >= 11 is 0. The van der Waals surface area contributed by atoms with Crippen LogP contribution in [0.15, 0.2) is 48.5 Å². The number of nitrogens with one attached hydrogen (secondary N) is 1. The minimum atomic E-state index is -0.116. The van der Waals surface area contributed by atoms with Crippen LogP contribution in [0.25, 0.3) is 0 Å². The molecule has 2 aromatic carbocycles. The molecule has 1 amide bonds. The molecule has 0 aliphatic carbocycles. The van der Waals surface area contributed by atoms with Crippen molar-refractivity contribution >= 4 is 17.3 Å². The van der Waals surface area contributed by atoms with Crippen molar-refractivity contribution in [3.8, 4) is 0 Å². The molecule has 0 heterocycles. The fourth-order valence-electron chi connectivity index (χ4n) is 1.77. The average molecular weight is 256 g/mol. The Morgan fingerprint density at radius 1 is 1.11 bits per heavy atom. The molecule has 0 aliphatic rings. The first-order valence-corrected chi connectivity index (χ1v) is 6.02. The van der Waals surface area contributed by atoms with Crippen LogP contribution in [0, 0.1) is 0 Å². The zero-order valence-corrected chi connectivity index (χ0v) is 10.5. The number of amides is 1. The molecule has 0 radical (unpaired) electrons. The molecule has 98 valence electrons. The Hall–Kier alpha value is -2.33. The quantitative estimate of drug-likeness (QED) is 0.732. The predicted molar refractivity (Wildman–Crippen MR) is 75.6 cm³/mol. The average Bonchev–Trinajstić information content (AvgIpc) is 2.42.